The maximum atomic E-state index is 12.7. The normalized spacial score (nSPS) is 17.9. The molecule has 2 aromatic rings. The van der Waals surface area contributed by atoms with Gasteiger partial charge in [0.15, 0.2) is 0 Å². The van der Waals surface area contributed by atoms with E-state index in [2.05, 4.69) is 20.4 Å². The van der Waals surface area contributed by atoms with E-state index in [1.54, 1.807) is 24.3 Å². The van der Waals surface area contributed by atoms with E-state index in [9.17, 15) is 14.4 Å². The standard InChI is InChI=1S/C24H29N5O3/c25-22(31)19-9-4-5-10-20(19)27-21(30)11-6-14-28-15-12-24(13-16-28)23(32)26-17-29(24)18-7-2-1-3-8-18/h1-5,7-10H,6,11-17H2,(H2,25,31)(H,26,32)(H,27,30). The first-order valence-corrected chi connectivity index (χ1v) is 11.0. The molecule has 2 fully saturated rings. The highest BCUT2D eigenvalue weighted by atomic mass is 16.2. The van der Waals surface area contributed by atoms with E-state index >= 15 is 0 Å². The molecule has 8 heteroatoms. The van der Waals surface area contributed by atoms with Gasteiger partial charge in [-0.05, 0) is 50.1 Å². The summed E-state index contributed by atoms with van der Waals surface area (Å²) in [5.41, 5.74) is 6.68. The van der Waals surface area contributed by atoms with Gasteiger partial charge >= 0.3 is 0 Å². The van der Waals surface area contributed by atoms with Crippen molar-refractivity contribution in [2.24, 2.45) is 5.73 Å². The first-order valence-electron chi connectivity index (χ1n) is 11.0. The number of carbonyl (C=O) groups is 3. The van der Waals surface area contributed by atoms with Crippen molar-refractivity contribution in [2.75, 3.05) is 36.5 Å². The summed E-state index contributed by atoms with van der Waals surface area (Å²) < 4.78 is 0. The highest BCUT2D eigenvalue weighted by molar-refractivity contribution is 6.03. The molecule has 3 amide bonds. The lowest BCUT2D eigenvalue weighted by molar-refractivity contribution is -0.125. The monoisotopic (exact) mass is 435 g/mol. The number of hydrogen-bond acceptors (Lipinski definition) is 5. The van der Waals surface area contributed by atoms with Crippen LogP contribution in [0.4, 0.5) is 11.4 Å². The topological polar surface area (TPSA) is 108 Å². The molecule has 0 saturated carbocycles. The molecule has 8 nitrogen and oxygen atoms in total. The largest absolute Gasteiger partial charge is 0.366 e. The third-order valence-corrected chi connectivity index (χ3v) is 6.43. The van der Waals surface area contributed by atoms with Crippen molar-refractivity contribution in [1.29, 1.82) is 0 Å². The summed E-state index contributed by atoms with van der Waals surface area (Å²) in [6.07, 6.45) is 2.56. The van der Waals surface area contributed by atoms with Crippen LogP contribution in [0.25, 0.3) is 0 Å². The van der Waals surface area contributed by atoms with Gasteiger partial charge in [-0.2, -0.15) is 0 Å². The number of para-hydroxylation sites is 2. The van der Waals surface area contributed by atoms with Crippen LogP contribution in [-0.4, -0.2) is 54.5 Å². The van der Waals surface area contributed by atoms with Crippen molar-refractivity contribution in [3.63, 3.8) is 0 Å². The number of nitrogens with two attached hydrogens (primary N) is 1. The Labute approximate surface area is 187 Å². The van der Waals surface area contributed by atoms with Gasteiger partial charge in [0.1, 0.15) is 5.54 Å². The number of carbonyl (C=O) groups excluding carboxylic acids is 3. The summed E-state index contributed by atoms with van der Waals surface area (Å²) in [4.78, 5) is 41.1. The summed E-state index contributed by atoms with van der Waals surface area (Å²) in [5, 5.41) is 5.80. The van der Waals surface area contributed by atoms with Crippen LogP contribution < -0.4 is 21.3 Å². The molecule has 0 radical (unpaired) electrons. The second-order valence-corrected chi connectivity index (χ2v) is 8.36. The highest BCUT2D eigenvalue weighted by Crippen LogP contribution is 2.36. The molecule has 4 N–H and O–H groups in total. The molecule has 2 saturated heterocycles. The number of nitrogens with zero attached hydrogens (tertiary/aromatic N) is 2. The highest BCUT2D eigenvalue weighted by Gasteiger charge is 2.50. The number of hydrogen-bond donors (Lipinski definition) is 3. The minimum Gasteiger partial charge on any atom is -0.366 e. The number of nitrogens with one attached hydrogen (secondary N) is 2. The van der Waals surface area contributed by atoms with Crippen LogP contribution in [-0.2, 0) is 9.59 Å². The van der Waals surface area contributed by atoms with Crippen LogP contribution in [0.15, 0.2) is 54.6 Å². The van der Waals surface area contributed by atoms with E-state index in [-0.39, 0.29) is 11.8 Å². The van der Waals surface area contributed by atoms with Gasteiger partial charge in [-0.25, -0.2) is 0 Å². The fourth-order valence-electron chi connectivity index (χ4n) is 4.66. The molecule has 32 heavy (non-hydrogen) atoms. The van der Waals surface area contributed by atoms with Crippen molar-refractivity contribution >= 4 is 29.1 Å². The van der Waals surface area contributed by atoms with Crippen molar-refractivity contribution in [1.82, 2.24) is 10.2 Å². The first kappa shape index (κ1) is 21.8. The first-order chi connectivity index (χ1) is 15.5. The summed E-state index contributed by atoms with van der Waals surface area (Å²) in [5.74, 6) is -0.602. The van der Waals surface area contributed by atoms with Crippen molar-refractivity contribution in [2.45, 2.75) is 31.2 Å². The third-order valence-electron chi connectivity index (χ3n) is 6.43. The van der Waals surface area contributed by atoms with Gasteiger partial charge in [0.25, 0.3) is 5.91 Å². The molecular formula is C24H29N5O3. The molecule has 4 rings (SSSR count). The zero-order chi connectivity index (χ0) is 22.6. The lowest BCUT2D eigenvalue weighted by Crippen LogP contribution is -2.56. The second kappa shape index (κ2) is 9.40. The average molecular weight is 436 g/mol. The number of primary amides is 1. The minimum atomic E-state index is -0.566. The number of likely N-dealkylation sites (tertiary alicyclic amines) is 1. The Bertz CT molecular complexity index is 986. The number of amides is 3. The van der Waals surface area contributed by atoms with Crippen LogP contribution in [0, 0.1) is 0 Å². The van der Waals surface area contributed by atoms with E-state index in [1.165, 1.54) is 0 Å². The Balaban J connectivity index is 1.27. The third kappa shape index (κ3) is 4.45. The van der Waals surface area contributed by atoms with Crippen molar-refractivity contribution < 1.29 is 14.4 Å². The molecule has 0 bridgehead atoms. The molecule has 2 aliphatic heterocycles. The maximum Gasteiger partial charge on any atom is 0.250 e. The van der Waals surface area contributed by atoms with E-state index in [1.807, 2.05) is 30.3 Å². The predicted octanol–water partition coefficient (Wildman–Crippen LogP) is 1.93. The van der Waals surface area contributed by atoms with Crippen LogP contribution >= 0.6 is 0 Å². The number of rotatable bonds is 7. The van der Waals surface area contributed by atoms with E-state index in [4.69, 9.17) is 5.73 Å². The van der Waals surface area contributed by atoms with Gasteiger partial charge in [0.2, 0.25) is 11.8 Å². The zero-order valence-corrected chi connectivity index (χ0v) is 18.0. The summed E-state index contributed by atoms with van der Waals surface area (Å²) in [6, 6.07) is 16.8. The van der Waals surface area contributed by atoms with E-state index in [0.29, 0.717) is 30.8 Å². The van der Waals surface area contributed by atoms with Crippen molar-refractivity contribution in [3.05, 3.63) is 60.2 Å². The SMILES string of the molecule is NC(=O)c1ccccc1NC(=O)CCCN1CCC2(CC1)C(=O)NCN2c1ccccc1. The molecule has 0 atom stereocenters. The van der Waals surface area contributed by atoms with Crippen LogP contribution in [0.3, 0.4) is 0 Å². The Kier molecular flexibility index (Phi) is 6.41. The van der Waals surface area contributed by atoms with Gasteiger partial charge < -0.3 is 26.2 Å². The quantitative estimate of drug-likeness (QED) is 0.616. The van der Waals surface area contributed by atoms with Gasteiger partial charge in [0.05, 0.1) is 17.9 Å². The second-order valence-electron chi connectivity index (χ2n) is 8.36. The fraction of sp³-hybridized carbons (Fsp3) is 0.375. The Morgan fingerprint density at radius 1 is 1.03 bits per heavy atom. The van der Waals surface area contributed by atoms with Gasteiger partial charge in [-0.15, -0.1) is 0 Å². The predicted molar refractivity (Wildman–Crippen MR) is 123 cm³/mol. The summed E-state index contributed by atoms with van der Waals surface area (Å²) in [6.45, 7) is 2.94. The minimum absolute atomic E-state index is 0.105. The van der Waals surface area contributed by atoms with E-state index < -0.39 is 11.4 Å². The Morgan fingerprint density at radius 3 is 2.44 bits per heavy atom. The molecule has 2 heterocycles. The molecule has 2 aliphatic rings. The Morgan fingerprint density at radius 2 is 1.72 bits per heavy atom. The van der Waals surface area contributed by atoms with Crippen LogP contribution in [0.2, 0.25) is 0 Å². The molecular weight excluding hydrogens is 406 g/mol. The zero-order valence-electron chi connectivity index (χ0n) is 18.0. The van der Waals surface area contributed by atoms with Gasteiger partial charge in [0, 0.05) is 25.2 Å². The number of piperidine rings is 1. The summed E-state index contributed by atoms with van der Waals surface area (Å²) in [7, 11) is 0. The lowest BCUT2D eigenvalue weighted by atomic mass is 9.85. The molecule has 0 aliphatic carbocycles. The molecule has 2 aromatic carbocycles. The number of benzene rings is 2. The lowest BCUT2D eigenvalue weighted by Gasteiger charge is -2.43. The Hall–Kier alpha value is -3.39. The smallest absolute Gasteiger partial charge is 0.250 e. The fourth-order valence-corrected chi connectivity index (χ4v) is 4.66. The van der Waals surface area contributed by atoms with Crippen molar-refractivity contribution in [3.8, 4) is 0 Å². The van der Waals surface area contributed by atoms with Crippen LogP contribution in [0.1, 0.15) is 36.0 Å². The van der Waals surface area contributed by atoms with Gasteiger partial charge in [-0.3, -0.25) is 14.4 Å². The van der Waals surface area contributed by atoms with Crippen LogP contribution in [0.5, 0.6) is 0 Å². The molecule has 168 valence electrons. The number of anilines is 2. The maximum absolute atomic E-state index is 12.7. The average Bonchev–Trinajstić information content (AvgIpc) is 3.11. The molecule has 0 unspecified atom stereocenters. The summed E-state index contributed by atoms with van der Waals surface area (Å²) >= 11 is 0. The molecule has 1 spiro atoms. The van der Waals surface area contributed by atoms with Gasteiger partial charge in [-0.1, -0.05) is 30.3 Å². The van der Waals surface area contributed by atoms with E-state index in [0.717, 1.165) is 38.2 Å². The molecule has 0 aromatic heterocycles.